The van der Waals surface area contributed by atoms with Gasteiger partial charge in [-0.2, -0.15) is 0 Å². The number of fused-ring (bicyclic) bond motifs is 1. The molecule has 0 bridgehead atoms. The SMILES string of the molecule is NNC(CC1CCCC1)C1CCc2cccnc21. The molecule has 1 saturated carbocycles. The molecule has 2 unspecified atom stereocenters. The van der Waals surface area contributed by atoms with Gasteiger partial charge in [-0.25, -0.2) is 0 Å². The quantitative estimate of drug-likeness (QED) is 0.633. The third-order valence-electron chi connectivity index (χ3n) is 4.76. The average molecular weight is 245 g/mol. The van der Waals surface area contributed by atoms with Crippen LogP contribution in [-0.2, 0) is 6.42 Å². The molecule has 1 aromatic heterocycles. The Hall–Kier alpha value is -0.930. The van der Waals surface area contributed by atoms with Crippen molar-refractivity contribution in [2.75, 3.05) is 0 Å². The van der Waals surface area contributed by atoms with Crippen LogP contribution in [0.3, 0.4) is 0 Å². The van der Waals surface area contributed by atoms with Crippen LogP contribution >= 0.6 is 0 Å². The van der Waals surface area contributed by atoms with E-state index in [9.17, 15) is 0 Å². The number of aryl methyl sites for hydroxylation is 1. The van der Waals surface area contributed by atoms with Crippen molar-refractivity contribution in [2.24, 2.45) is 11.8 Å². The molecule has 2 atom stereocenters. The molecular weight excluding hydrogens is 222 g/mol. The summed E-state index contributed by atoms with van der Waals surface area (Å²) in [5.41, 5.74) is 5.79. The normalized spacial score (nSPS) is 25.3. The van der Waals surface area contributed by atoms with Crippen LogP contribution in [-0.4, -0.2) is 11.0 Å². The van der Waals surface area contributed by atoms with Crippen molar-refractivity contribution in [3.63, 3.8) is 0 Å². The van der Waals surface area contributed by atoms with Gasteiger partial charge in [-0.1, -0.05) is 31.7 Å². The highest BCUT2D eigenvalue weighted by molar-refractivity contribution is 5.29. The zero-order valence-corrected chi connectivity index (χ0v) is 10.9. The van der Waals surface area contributed by atoms with Gasteiger partial charge in [0.15, 0.2) is 0 Å². The van der Waals surface area contributed by atoms with Crippen LogP contribution in [0.1, 0.15) is 55.7 Å². The number of rotatable bonds is 4. The first-order chi connectivity index (χ1) is 8.88. The summed E-state index contributed by atoms with van der Waals surface area (Å²) in [5.74, 6) is 7.20. The summed E-state index contributed by atoms with van der Waals surface area (Å²) >= 11 is 0. The third kappa shape index (κ3) is 2.29. The molecule has 0 aliphatic heterocycles. The van der Waals surface area contributed by atoms with Crippen molar-refractivity contribution in [3.05, 3.63) is 29.6 Å². The largest absolute Gasteiger partial charge is 0.271 e. The number of nitrogens with two attached hydrogens (primary N) is 1. The van der Waals surface area contributed by atoms with E-state index in [2.05, 4.69) is 16.5 Å². The predicted molar refractivity (Wildman–Crippen MR) is 73.0 cm³/mol. The maximum atomic E-state index is 5.81. The van der Waals surface area contributed by atoms with Crippen molar-refractivity contribution in [3.8, 4) is 0 Å². The molecule has 0 saturated heterocycles. The Labute approximate surface area is 109 Å². The van der Waals surface area contributed by atoms with Gasteiger partial charge in [0.05, 0.1) is 0 Å². The Bertz CT molecular complexity index is 398. The van der Waals surface area contributed by atoms with Crippen molar-refractivity contribution < 1.29 is 0 Å². The van der Waals surface area contributed by atoms with Crippen LogP contribution in [0.4, 0.5) is 0 Å². The molecule has 3 N–H and O–H groups in total. The van der Waals surface area contributed by atoms with Gasteiger partial charge in [-0.15, -0.1) is 0 Å². The first-order valence-electron chi connectivity index (χ1n) is 7.28. The molecule has 98 valence electrons. The highest BCUT2D eigenvalue weighted by atomic mass is 15.2. The predicted octanol–water partition coefficient (Wildman–Crippen LogP) is 2.52. The summed E-state index contributed by atoms with van der Waals surface area (Å²) in [4.78, 5) is 4.59. The Morgan fingerprint density at radius 3 is 2.94 bits per heavy atom. The fourth-order valence-electron chi connectivity index (χ4n) is 3.79. The topological polar surface area (TPSA) is 50.9 Å². The summed E-state index contributed by atoms with van der Waals surface area (Å²) in [5, 5.41) is 0. The van der Waals surface area contributed by atoms with Crippen LogP contribution < -0.4 is 11.3 Å². The number of nitrogens with one attached hydrogen (secondary N) is 1. The van der Waals surface area contributed by atoms with Gasteiger partial charge in [0.2, 0.25) is 0 Å². The highest BCUT2D eigenvalue weighted by Gasteiger charge is 2.32. The molecule has 1 heterocycles. The molecule has 1 fully saturated rings. The lowest BCUT2D eigenvalue weighted by Gasteiger charge is -2.25. The number of pyridine rings is 1. The number of hydrazine groups is 1. The van der Waals surface area contributed by atoms with Crippen molar-refractivity contribution >= 4 is 0 Å². The van der Waals surface area contributed by atoms with Gasteiger partial charge in [-0.3, -0.25) is 16.3 Å². The second-order valence-electron chi connectivity index (χ2n) is 5.85. The number of hydrogen-bond acceptors (Lipinski definition) is 3. The highest BCUT2D eigenvalue weighted by Crippen LogP contribution is 2.38. The van der Waals surface area contributed by atoms with E-state index in [0.717, 1.165) is 12.3 Å². The second kappa shape index (κ2) is 5.37. The van der Waals surface area contributed by atoms with E-state index < -0.39 is 0 Å². The summed E-state index contributed by atoms with van der Waals surface area (Å²) in [7, 11) is 0. The zero-order chi connectivity index (χ0) is 12.4. The Morgan fingerprint density at radius 1 is 1.33 bits per heavy atom. The average Bonchev–Trinajstić information content (AvgIpc) is 3.05. The minimum atomic E-state index is 0.407. The molecule has 3 nitrogen and oxygen atoms in total. The van der Waals surface area contributed by atoms with Crippen LogP contribution in [0.5, 0.6) is 0 Å². The summed E-state index contributed by atoms with van der Waals surface area (Å²) in [6.45, 7) is 0. The molecule has 0 amide bonds. The van der Waals surface area contributed by atoms with E-state index >= 15 is 0 Å². The van der Waals surface area contributed by atoms with E-state index in [0.29, 0.717) is 12.0 Å². The summed E-state index contributed by atoms with van der Waals surface area (Å²) in [6.07, 6.45) is 11.1. The van der Waals surface area contributed by atoms with Gasteiger partial charge in [-0.05, 0) is 36.8 Å². The minimum absolute atomic E-state index is 0.407. The fourth-order valence-corrected chi connectivity index (χ4v) is 3.79. The molecule has 0 aromatic carbocycles. The standard InChI is InChI=1S/C15H23N3/c16-18-14(10-11-4-1-2-5-11)13-8-7-12-6-3-9-17-15(12)13/h3,6,9,11,13-14,18H,1-2,4-5,7-8,10,16H2. The van der Waals surface area contributed by atoms with Crippen LogP contribution in [0.2, 0.25) is 0 Å². The van der Waals surface area contributed by atoms with Gasteiger partial charge in [0.25, 0.3) is 0 Å². The van der Waals surface area contributed by atoms with Gasteiger partial charge in [0.1, 0.15) is 0 Å². The number of nitrogens with zero attached hydrogens (tertiary/aromatic N) is 1. The van der Waals surface area contributed by atoms with Gasteiger partial charge >= 0.3 is 0 Å². The number of hydrogen-bond donors (Lipinski definition) is 2. The first-order valence-corrected chi connectivity index (χ1v) is 7.28. The minimum Gasteiger partial charge on any atom is -0.271 e. The van der Waals surface area contributed by atoms with E-state index in [-0.39, 0.29) is 0 Å². The first kappa shape index (κ1) is 12.1. The molecule has 0 radical (unpaired) electrons. The molecule has 3 heteroatoms. The zero-order valence-electron chi connectivity index (χ0n) is 10.9. The van der Waals surface area contributed by atoms with Crippen LogP contribution in [0.15, 0.2) is 18.3 Å². The molecule has 2 aliphatic carbocycles. The lowest BCUT2D eigenvalue weighted by molar-refractivity contribution is 0.342. The van der Waals surface area contributed by atoms with E-state index in [1.165, 1.54) is 49.8 Å². The van der Waals surface area contributed by atoms with Gasteiger partial charge < -0.3 is 0 Å². The van der Waals surface area contributed by atoms with Crippen molar-refractivity contribution in [1.82, 2.24) is 10.4 Å². The Balaban J connectivity index is 1.72. The Morgan fingerprint density at radius 2 is 2.17 bits per heavy atom. The summed E-state index contributed by atoms with van der Waals surface area (Å²) < 4.78 is 0. The lowest BCUT2D eigenvalue weighted by Crippen LogP contribution is -2.40. The second-order valence-corrected chi connectivity index (χ2v) is 5.85. The van der Waals surface area contributed by atoms with E-state index in [1.54, 1.807) is 0 Å². The molecule has 2 aliphatic rings. The molecule has 18 heavy (non-hydrogen) atoms. The smallest absolute Gasteiger partial charge is 0.0482 e. The maximum absolute atomic E-state index is 5.81. The Kier molecular flexibility index (Phi) is 3.62. The third-order valence-corrected chi connectivity index (χ3v) is 4.76. The van der Waals surface area contributed by atoms with E-state index in [1.807, 2.05) is 12.3 Å². The molecular formula is C15H23N3. The van der Waals surface area contributed by atoms with Crippen molar-refractivity contribution in [2.45, 2.75) is 56.9 Å². The van der Waals surface area contributed by atoms with Gasteiger partial charge in [0, 0.05) is 23.9 Å². The van der Waals surface area contributed by atoms with Crippen LogP contribution in [0, 0.1) is 5.92 Å². The van der Waals surface area contributed by atoms with E-state index in [4.69, 9.17) is 5.84 Å². The molecule has 0 spiro atoms. The molecule has 3 rings (SSSR count). The van der Waals surface area contributed by atoms with Crippen molar-refractivity contribution in [1.29, 1.82) is 0 Å². The van der Waals surface area contributed by atoms with Crippen LogP contribution in [0.25, 0.3) is 0 Å². The molecule has 1 aromatic rings. The summed E-state index contributed by atoms with van der Waals surface area (Å²) in [6, 6.07) is 4.67. The fraction of sp³-hybridized carbons (Fsp3) is 0.667. The number of aromatic nitrogens is 1. The lowest BCUT2D eigenvalue weighted by atomic mass is 9.88. The maximum Gasteiger partial charge on any atom is 0.0482 e. The monoisotopic (exact) mass is 245 g/mol.